The SMILES string of the molecule is O=C(CN(Cc1cccc(Cl)c1)S(=O)(=O)c1ccc(Cl)cc1)Nc1ccc(Cl)c(Cl)c1. The van der Waals surface area contributed by atoms with Gasteiger partial charge in [-0.05, 0) is 60.2 Å². The predicted molar refractivity (Wildman–Crippen MR) is 126 cm³/mol. The van der Waals surface area contributed by atoms with Gasteiger partial charge in [0.05, 0.1) is 21.5 Å². The van der Waals surface area contributed by atoms with Crippen molar-refractivity contribution in [2.24, 2.45) is 0 Å². The highest BCUT2D eigenvalue weighted by molar-refractivity contribution is 7.89. The number of carbonyl (C=O) groups is 1. The molecule has 1 amide bonds. The number of sulfonamides is 1. The van der Waals surface area contributed by atoms with Gasteiger partial charge < -0.3 is 5.32 Å². The quantitative estimate of drug-likeness (QED) is 0.410. The largest absolute Gasteiger partial charge is 0.325 e. The number of nitrogens with zero attached hydrogens (tertiary/aromatic N) is 1. The van der Waals surface area contributed by atoms with Crippen LogP contribution >= 0.6 is 46.4 Å². The molecule has 0 aliphatic heterocycles. The van der Waals surface area contributed by atoms with Crippen molar-refractivity contribution >= 4 is 68.0 Å². The van der Waals surface area contributed by atoms with Gasteiger partial charge in [0.15, 0.2) is 0 Å². The van der Waals surface area contributed by atoms with Gasteiger partial charge in [0, 0.05) is 22.3 Å². The maximum atomic E-state index is 13.3. The van der Waals surface area contributed by atoms with Crippen LogP contribution in [0.1, 0.15) is 5.56 Å². The molecule has 10 heteroatoms. The molecule has 0 aliphatic rings. The molecule has 0 fully saturated rings. The molecule has 0 bridgehead atoms. The van der Waals surface area contributed by atoms with Crippen molar-refractivity contribution in [3.8, 4) is 0 Å². The molecule has 0 radical (unpaired) electrons. The van der Waals surface area contributed by atoms with Crippen LogP contribution in [0.15, 0.2) is 71.6 Å². The van der Waals surface area contributed by atoms with Gasteiger partial charge in [-0.1, -0.05) is 58.5 Å². The summed E-state index contributed by atoms with van der Waals surface area (Å²) >= 11 is 23.8. The number of halogens is 4. The number of anilines is 1. The molecule has 162 valence electrons. The minimum Gasteiger partial charge on any atom is -0.325 e. The fourth-order valence-electron chi connectivity index (χ4n) is 2.76. The second kappa shape index (κ2) is 10.2. The summed E-state index contributed by atoms with van der Waals surface area (Å²) in [6.45, 7) is -0.488. The standard InChI is InChI=1S/C21H16Cl4N2O3S/c22-15-4-7-18(8-5-15)31(29,30)27(12-14-2-1-3-16(23)10-14)13-21(28)26-17-6-9-19(24)20(25)11-17/h1-11H,12-13H2,(H,26,28). The molecule has 3 aromatic rings. The van der Waals surface area contributed by atoms with E-state index in [0.717, 1.165) is 4.31 Å². The Kier molecular flexibility index (Phi) is 7.86. The van der Waals surface area contributed by atoms with E-state index in [1.165, 1.54) is 36.4 Å². The summed E-state index contributed by atoms with van der Waals surface area (Å²) in [6, 6.07) is 17.1. The van der Waals surface area contributed by atoms with Crippen LogP contribution < -0.4 is 5.32 Å². The fourth-order valence-corrected chi connectivity index (χ4v) is 4.78. The molecule has 1 N–H and O–H groups in total. The van der Waals surface area contributed by atoms with Crippen molar-refractivity contribution in [3.05, 3.63) is 92.4 Å². The highest BCUT2D eigenvalue weighted by Gasteiger charge is 2.27. The Bertz CT molecular complexity index is 1200. The zero-order valence-corrected chi connectivity index (χ0v) is 19.7. The number of carbonyl (C=O) groups excluding carboxylic acids is 1. The van der Waals surface area contributed by atoms with Crippen LogP contribution in [0.2, 0.25) is 20.1 Å². The second-order valence-corrected chi connectivity index (χ2v) is 10.2. The Morgan fingerprint density at radius 3 is 2.19 bits per heavy atom. The van der Waals surface area contributed by atoms with Crippen LogP contribution in [-0.2, 0) is 21.4 Å². The van der Waals surface area contributed by atoms with E-state index in [0.29, 0.717) is 26.3 Å². The Labute approximate surface area is 200 Å². The number of benzene rings is 3. The number of rotatable bonds is 7. The zero-order valence-electron chi connectivity index (χ0n) is 15.9. The van der Waals surface area contributed by atoms with Gasteiger partial charge in [0.2, 0.25) is 15.9 Å². The van der Waals surface area contributed by atoms with E-state index in [1.807, 2.05) is 0 Å². The lowest BCUT2D eigenvalue weighted by molar-refractivity contribution is -0.116. The van der Waals surface area contributed by atoms with Gasteiger partial charge in [-0.3, -0.25) is 4.79 Å². The lowest BCUT2D eigenvalue weighted by Gasteiger charge is -2.22. The second-order valence-electron chi connectivity index (χ2n) is 6.53. The first-order valence-electron chi connectivity index (χ1n) is 8.90. The molecule has 0 unspecified atom stereocenters. The van der Waals surface area contributed by atoms with E-state index < -0.39 is 22.5 Å². The zero-order chi connectivity index (χ0) is 22.6. The van der Waals surface area contributed by atoms with Crippen molar-refractivity contribution in [2.75, 3.05) is 11.9 Å². The molecule has 5 nitrogen and oxygen atoms in total. The summed E-state index contributed by atoms with van der Waals surface area (Å²) in [5.74, 6) is -0.544. The summed E-state index contributed by atoms with van der Waals surface area (Å²) in [4.78, 5) is 12.7. The highest BCUT2D eigenvalue weighted by atomic mass is 35.5. The molecule has 0 atom stereocenters. The van der Waals surface area contributed by atoms with E-state index in [9.17, 15) is 13.2 Å². The third kappa shape index (κ3) is 6.35. The molecule has 0 heterocycles. The molecule has 3 aromatic carbocycles. The maximum absolute atomic E-state index is 13.3. The number of hydrogen-bond acceptors (Lipinski definition) is 3. The van der Waals surface area contributed by atoms with Crippen molar-refractivity contribution in [1.29, 1.82) is 0 Å². The number of nitrogens with one attached hydrogen (secondary N) is 1. The molecule has 3 rings (SSSR count). The van der Waals surface area contributed by atoms with E-state index >= 15 is 0 Å². The van der Waals surface area contributed by atoms with Crippen LogP contribution in [-0.4, -0.2) is 25.2 Å². The summed E-state index contributed by atoms with van der Waals surface area (Å²) in [5, 5.41) is 4.10. The minimum absolute atomic E-state index is 0.0151. The van der Waals surface area contributed by atoms with Crippen molar-refractivity contribution in [2.45, 2.75) is 11.4 Å². The van der Waals surface area contributed by atoms with Crippen LogP contribution in [0.25, 0.3) is 0 Å². The van der Waals surface area contributed by atoms with Crippen molar-refractivity contribution in [1.82, 2.24) is 4.31 Å². The monoisotopic (exact) mass is 516 g/mol. The van der Waals surface area contributed by atoms with Crippen molar-refractivity contribution in [3.63, 3.8) is 0 Å². The van der Waals surface area contributed by atoms with Gasteiger partial charge in [-0.15, -0.1) is 0 Å². The van der Waals surface area contributed by atoms with E-state index in [4.69, 9.17) is 46.4 Å². The van der Waals surface area contributed by atoms with Gasteiger partial charge in [-0.2, -0.15) is 4.31 Å². The van der Waals surface area contributed by atoms with E-state index in [1.54, 1.807) is 30.3 Å². The molecule has 0 saturated carbocycles. The topological polar surface area (TPSA) is 66.5 Å². The normalized spacial score (nSPS) is 11.5. The smallest absolute Gasteiger partial charge is 0.243 e. The maximum Gasteiger partial charge on any atom is 0.243 e. The minimum atomic E-state index is -4.01. The molecule has 31 heavy (non-hydrogen) atoms. The van der Waals surface area contributed by atoms with Crippen LogP contribution in [0, 0.1) is 0 Å². The average molecular weight is 518 g/mol. The first-order chi connectivity index (χ1) is 14.6. The fraction of sp³-hybridized carbons (Fsp3) is 0.0952. The third-order valence-electron chi connectivity index (χ3n) is 4.22. The summed E-state index contributed by atoms with van der Waals surface area (Å²) < 4.78 is 27.6. The lowest BCUT2D eigenvalue weighted by Crippen LogP contribution is -2.37. The van der Waals surface area contributed by atoms with Crippen molar-refractivity contribution < 1.29 is 13.2 Å². The van der Waals surface area contributed by atoms with Crippen LogP contribution in [0.3, 0.4) is 0 Å². The predicted octanol–water partition coefficient (Wildman–Crippen LogP) is 6.13. The highest BCUT2D eigenvalue weighted by Crippen LogP contribution is 2.26. The first kappa shape index (κ1) is 23.9. The van der Waals surface area contributed by atoms with Gasteiger partial charge in [-0.25, -0.2) is 8.42 Å². The molecule has 0 aliphatic carbocycles. The molecule has 0 aromatic heterocycles. The third-order valence-corrected chi connectivity index (χ3v) is 7.25. The van der Waals surface area contributed by atoms with E-state index in [2.05, 4.69) is 5.32 Å². The number of hydrogen-bond donors (Lipinski definition) is 1. The van der Waals surface area contributed by atoms with Gasteiger partial charge in [0.1, 0.15) is 0 Å². The summed E-state index contributed by atoms with van der Waals surface area (Å²) in [5.41, 5.74) is 1.03. The van der Waals surface area contributed by atoms with Gasteiger partial charge in [0.25, 0.3) is 0 Å². The molecular formula is C21H16Cl4N2O3S. The summed E-state index contributed by atoms with van der Waals surface area (Å²) in [7, 11) is -4.01. The Balaban J connectivity index is 1.88. The lowest BCUT2D eigenvalue weighted by atomic mass is 10.2. The van der Waals surface area contributed by atoms with Gasteiger partial charge >= 0.3 is 0 Å². The van der Waals surface area contributed by atoms with Crippen LogP contribution in [0.5, 0.6) is 0 Å². The Morgan fingerprint density at radius 2 is 1.55 bits per heavy atom. The summed E-state index contributed by atoms with van der Waals surface area (Å²) in [6.07, 6.45) is 0. The van der Waals surface area contributed by atoms with Crippen LogP contribution in [0.4, 0.5) is 5.69 Å². The Morgan fingerprint density at radius 1 is 0.839 bits per heavy atom. The Hall–Kier alpha value is -1.80. The molecular weight excluding hydrogens is 502 g/mol. The first-order valence-corrected chi connectivity index (χ1v) is 11.9. The molecule has 0 saturated heterocycles. The van der Waals surface area contributed by atoms with E-state index in [-0.39, 0.29) is 16.5 Å². The molecule has 0 spiro atoms. The average Bonchev–Trinajstić information content (AvgIpc) is 2.70. The number of amides is 1.